The van der Waals surface area contributed by atoms with Crippen molar-refractivity contribution in [2.75, 3.05) is 59.0 Å². The van der Waals surface area contributed by atoms with E-state index in [1.807, 2.05) is 20.8 Å². The van der Waals surface area contributed by atoms with Gasteiger partial charge in [0.2, 0.25) is 0 Å². The van der Waals surface area contributed by atoms with Crippen molar-refractivity contribution in [1.82, 2.24) is 14.7 Å². The lowest BCUT2D eigenvalue weighted by atomic mass is 9.88. The number of aryl methyl sites for hydroxylation is 1. The lowest BCUT2D eigenvalue weighted by Crippen LogP contribution is -2.56. The molecule has 4 rings (SSSR count). The summed E-state index contributed by atoms with van der Waals surface area (Å²) in [5.41, 5.74) is 3.55. The Kier molecular flexibility index (Phi) is 13.1. The van der Waals surface area contributed by atoms with Gasteiger partial charge in [0.15, 0.2) is 0 Å². The second kappa shape index (κ2) is 15.5. The van der Waals surface area contributed by atoms with Crippen molar-refractivity contribution in [2.45, 2.75) is 66.5 Å². The van der Waals surface area contributed by atoms with Gasteiger partial charge >= 0.3 is 6.11 Å². The molecular weight excluding hydrogens is 472 g/mol. The molecule has 210 valence electrons. The first-order valence-corrected chi connectivity index (χ1v) is 13.9. The standard InChI is InChI=1S/C19H33N3O.C9H10F2O.C2H6/c1-16(2)12-17(3)22-7-6-21-5-4-18(13-19(21)15-22)14-20-8-10-23-11-9-20;1-7-3-5-8(6-4-7)12-9(2,10)11;1-2/h12,18-19H,3-11,13-15H2,1-2H3;3-6H,1-2H3;1-2H3. The smallest absolute Gasteiger partial charge is 0.394 e. The van der Waals surface area contributed by atoms with Gasteiger partial charge in [0.25, 0.3) is 0 Å². The molecule has 37 heavy (non-hydrogen) atoms. The molecule has 0 bridgehead atoms. The molecule has 0 N–H and O–H groups in total. The van der Waals surface area contributed by atoms with E-state index in [0.717, 1.165) is 50.9 Å². The lowest BCUT2D eigenvalue weighted by molar-refractivity contribution is -0.158. The summed E-state index contributed by atoms with van der Waals surface area (Å²) in [5.74, 6) is 1.04. The molecule has 3 heterocycles. The fourth-order valence-corrected chi connectivity index (χ4v) is 5.08. The van der Waals surface area contributed by atoms with Crippen molar-refractivity contribution in [3.63, 3.8) is 0 Å². The molecule has 0 aromatic heterocycles. The predicted octanol–water partition coefficient (Wildman–Crippen LogP) is 6.21. The van der Waals surface area contributed by atoms with Gasteiger partial charge in [-0.05, 0) is 64.3 Å². The van der Waals surface area contributed by atoms with E-state index in [1.165, 1.54) is 55.9 Å². The number of hydrogen-bond donors (Lipinski definition) is 0. The summed E-state index contributed by atoms with van der Waals surface area (Å²) in [7, 11) is 0. The van der Waals surface area contributed by atoms with Crippen LogP contribution in [-0.2, 0) is 4.74 Å². The summed E-state index contributed by atoms with van der Waals surface area (Å²) in [6.07, 6.45) is 1.83. The Balaban J connectivity index is 0.000000291. The van der Waals surface area contributed by atoms with Crippen LogP contribution < -0.4 is 4.74 Å². The van der Waals surface area contributed by atoms with Crippen molar-refractivity contribution in [3.05, 3.63) is 53.8 Å². The van der Waals surface area contributed by atoms with Gasteiger partial charge in [0.05, 0.1) is 13.2 Å². The molecule has 3 fully saturated rings. The Morgan fingerprint density at radius 2 is 1.73 bits per heavy atom. The minimum atomic E-state index is -3.10. The number of allylic oxidation sites excluding steroid dienone is 2. The largest absolute Gasteiger partial charge is 0.433 e. The summed E-state index contributed by atoms with van der Waals surface area (Å²) in [5, 5.41) is 0. The molecule has 0 spiro atoms. The first-order valence-electron chi connectivity index (χ1n) is 13.9. The van der Waals surface area contributed by atoms with E-state index in [2.05, 4.69) is 45.9 Å². The highest BCUT2D eigenvalue weighted by Crippen LogP contribution is 2.28. The van der Waals surface area contributed by atoms with E-state index in [4.69, 9.17) is 4.74 Å². The van der Waals surface area contributed by atoms with Crippen LogP contribution in [0.15, 0.2) is 48.2 Å². The molecule has 3 aliphatic heterocycles. The minimum Gasteiger partial charge on any atom is -0.433 e. The highest BCUT2D eigenvalue weighted by molar-refractivity contribution is 5.26. The van der Waals surface area contributed by atoms with Gasteiger partial charge in [-0.15, -0.1) is 0 Å². The van der Waals surface area contributed by atoms with Crippen LogP contribution in [-0.4, -0.2) is 85.9 Å². The number of alkyl halides is 2. The van der Waals surface area contributed by atoms with Crippen LogP contribution in [0.5, 0.6) is 5.75 Å². The Hall–Kier alpha value is -1.96. The zero-order chi connectivity index (χ0) is 27.4. The summed E-state index contributed by atoms with van der Waals surface area (Å²) in [4.78, 5) is 7.81. The third kappa shape index (κ3) is 11.5. The van der Waals surface area contributed by atoms with E-state index in [0.29, 0.717) is 13.0 Å². The number of rotatable bonds is 6. The first-order chi connectivity index (χ1) is 17.6. The number of nitrogens with zero attached hydrogens (tertiary/aromatic N) is 3. The fraction of sp³-hybridized carbons (Fsp3) is 0.667. The Labute approximate surface area is 224 Å². The van der Waals surface area contributed by atoms with Gasteiger partial charge in [-0.3, -0.25) is 9.80 Å². The van der Waals surface area contributed by atoms with Crippen LogP contribution in [0.2, 0.25) is 0 Å². The normalized spacial score (nSPS) is 22.4. The number of benzene rings is 1. The summed E-state index contributed by atoms with van der Waals surface area (Å²) < 4.78 is 34.4. The number of halogens is 2. The van der Waals surface area contributed by atoms with E-state index < -0.39 is 6.11 Å². The van der Waals surface area contributed by atoms with E-state index in [9.17, 15) is 8.78 Å². The van der Waals surface area contributed by atoms with E-state index in [1.54, 1.807) is 12.1 Å². The zero-order valence-electron chi connectivity index (χ0n) is 23.9. The molecule has 1 aromatic rings. The van der Waals surface area contributed by atoms with Crippen molar-refractivity contribution < 1.29 is 18.3 Å². The maximum atomic E-state index is 12.3. The van der Waals surface area contributed by atoms with E-state index in [-0.39, 0.29) is 5.75 Å². The highest BCUT2D eigenvalue weighted by atomic mass is 19.3. The Bertz CT molecular complexity index is 828. The molecule has 1 aromatic carbocycles. The highest BCUT2D eigenvalue weighted by Gasteiger charge is 2.33. The second-order valence-corrected chi connectivity index (χ2v) is 10.4. The van der Waals surface area contributed by atoms with Gasteiger partial charge in [-0.25, -0.2) is 0 Å². The first kappa shape index (κ1) is 31.3. The monoisotopic (exact) mass is 521 g/mol. The fourth-order valence-electron chi connectivity index (χ4n) is 5.08. The van der Waals surface area contributed by atoms with Crippen LogP contribution in [0.1, 0.15) is 53.0 Å². The molecule has 3 saturated heterocycles. The second-order valence-electron chi connectivity index (χ2n) is 10.4. The van der Waals surface area contributed by atoms with Gasteiger partial charge in [0.1, 0.15) is 5.75 Å². The van der Waals surface area contributed by atoms with E-state index >= 15 is 0 Å². The molecule has 3 aliphatic rings. The molecule has 0 aliphatic carbocycles. The molecule has 7 heteroatoms. The van der Waals surface area contributed by atoms with Gasteiger partial charge in [0, 0.05) is 57.9 Å². The van der Waals surface area contributed by atoms with Crippen molar-refractivity contribution in [1.29, 1.82) is 0 Å². The Morgan fingerprint density at radius 3 is 2.32 bits per heavy atom. The number of piperazine rings is 1. The van der Waals surface area contributed by atoms with Crippen LogP contribution in [0, 0.1) is 12.8 Å². The number of ether oxygens (including phenoxy) is 2. The minimum absolute atomic E-state index is 0.188. The molecule has 2 atom stereocenters. The van der Waals surface area contributed by atoms with Crippen LogP contribution in [0.25, 0.3) is 0 Å². The third-order valence-corrected chi connectivity index (χ3v) is 6.83. The number of piperidine rings is 1. The average Bonchev–Trinajstić information content (AvgIpc) is 2.86. The van der Waals surface area contributed by atoms with Crippen molar-refractivity contribution in [2.24, 2.45) is 5.92 Å². The van der Waals surface area contributed by atoms with Crippen LogP contribution in [0.4, 0.5) is 8.78 Å². The molecule has 0 amide bonds. The summed E-state index contributed by atoms with van der Waals surface area (Å²) >= 11 is 0. The van der Waals surface area contributed by atoms with Crippen LogP contribution >= 0.6 is 0 Å². The topological polar surface area (TPSA) is 28.2 Å². The third-order valence-electron chi connectivity index (χ3n) is 6.83. The van der Waals surface area contributed by atoms with Gasteiger partial charge < -0.3 is 14.4 Å². The maximum Gasteiger partial charge on any atom is 0.394 e. The number of morpholine rings is 1. The van der Waals surface area contributed by atoms with Gasteiger partial charge in [-0.1, -0.05) is 43.7 Å². The molecule has 2 unspecified atom stereocenters. The van der Waals surface area contributed by atoms with Crippen molar-refractivity contribution in [3.8, 4) is 5.75 Å². The molecule has 0 saturated carbocycles. The summed E-state index contributed by atoms with van der Waals surface area (Å²) in [6, 6.07) is 7.20. The lowest BCUT2D eigenvalue weighted by Gasteiger charge is -2.48. The molecular formula is C30H49F2N3O2. The average molecular weight is 522 g/mol. The number of fused-ring (bicyclic) bond motifs is 1. The molecule has 0 radical (unpaired) electrons. The maximum absolute atomic E-state index is 12.3. The predicted molar refractivity (Wildman–Crippen MR) is 149 cm³/mol. The molecule has 5 nitrogen and oxygen atoms in total. The SMILES string of the molecule is C=C(C=C(C)C)N1CCN2CCC(CN3CCOCC3)CC2C1.CC.Cc1ccc(OC(C)(F)F)cc1. The number of hydrogen-bond acceptors (Lipinski definition) is 5. The van der Waals surface area contributed by atoms with Crippen molar-refractivity contribution >= 4 is 0 Å². The summed E-state index contributed by atoms with van der Waals surface area (Å²) in [6.45, 7) is 25.3. The van der Waals surface area contributed by atoms with Gasteiger partial charge in [-0.2, -0.15) is 8.78 Å². The zero-order valence-corrected chi connectivity index (χ0v) is 23.9. The van der Waals surface area contributed by atoms with Crippen LogP contribution in [0.3, 0.4) is 0 Å². The Morgan fingerprint density at radius 1 is 1.08 bits per heavy atom. The quantitative estimate of drug-likeness (QED) is 0.415.